The van der Waals surface area contributed by atoms with Crippen molar-refractivity contribution < 1.29 is 9.53 Å². The number of nitrogens with two attached hydrogens (primary N) is 1. The molecular weight excluding hydrogens is 234 g/mol. The van der Waals surface area contributed by atoms with Crippen molar-refractivity contribution in [2.24, 2.45) is 11.7 Å². The Balaban J connectivity index is 2.67. The lowest BCUT2D eigenvalue weighted by Gasteiger charge is -2.21. The summed E-state index contributed by atoms with van der Waals surface area (Å²) in [5.74, 6) is 0.0915. The summed E-state index contributed by atoms with van der Waals surface area (Å²) < 4.78 is 4.92. The van der Waals surface area contributed by atoms with Gasteiger partial charge in [0.2, 0.25) is 0 Å². The minimum Gasteiger partial charge on any atom is -0.462 e. The molecule has 0 aliphatic heterocycles. The van der Waals surface area contributed by atoms with Crippen molar-refractivity contribution in [3.05, 3.63) is 22.8 Å². The third-order valence-corrected chi connectivity index (χ3v) is 3.51. The van der Waals surface area contributed by atoms with E-state index in [9.17, 15) is 4.79 Å². The molecule has 1 fully saturated rings. The first-order chi connectivity index (χ1) is 8.19. The average molecular weight is 255 g/mol. The van der Waals surface area contributed by atoms with Gasteiger partial charge in [0.25, 0.3) is 0 Å². The number of esters is 1. The van der Waals surface area contributed by atoms with Gasteiger partial charge >= 0.3 is 5.97 Å². The highest BCUT2D eigenvalue weighted by Gasteiger charge is 2.17. The highest BCUT2D eigenvalue weighted by molar-refractivity contribution is 7.84. The fourth-order valence-corrected chi connectivity index (χ4v) is 2.46. The molecule has 0 radical (unpaired) electrons. The summed E-state index contributed by atoms with van der Waals surface area (Å²) in [6, 6.07) is 0. The molecule has 0 aromatic rings. The van der Waals surface area contributed by atoms with Crippen LogP contribution in [0.25, 0.3) is 0 Å². The average Bonchev–Trinajstić information content (AvgIpc) is 2.37. The predicted octanol–water partition coefficient (Wildman–Crippen LogP) is 2.79. The Morgan fingerprint density at radius 3 is 2.59 bits per heavy atom. The summed E-state index contributed by atoms with van der Waals surface area (Å²) in [5, 5.41) is 0. The van der Waals surface area contributed by atoms with Crippen molar-refractivity contribution in [1.29, 1.82) is 0 Å². The molecule has 0 amide bonds. The first kappa shape index (κ1) is 14.2. The zero-order valence-corrected chi connectivity index (χ0v) is 11.2. The Bertz CT molecular complexity index is 317. The Labute approximate surface area is 109 Å². The fourth-order valence-electron chi connectivity index (χ4n) is 2.07. The summed E-state index contributed by atoms with van der Waals surface area (Å²) in [6.07, 6.45) is 9.11. The van der Waals surface area contributed by atoms with Crippen LogP contribution in [0.1, 0.15) is 39.0 Å². The molecule has 0 aromatic heterocycles. The molecule has 0 bridgehead atoms. The van der Waals surface area contributed by atoms with Crippen LogP contribution >= 0.6 is 12.6 Å². The van der Waals surface area contributed by atoms with E-state index in [0.717, 1.165) is 17.7 Å². The van der Waals surface area contributed by atoms with E-state index in [1.165, 1.54) is 25.5 Å². The molecule has 0 heterocycles. The first-order valence-electron chi connectivity index (χ1n) is 6.18. The van der Waals surface area contributed by atoms with Crippen LogP contribution in [0.2, 0.25) is 0 Å². The van der Waals surface area contributed by atoms with Gasteiger partial charge in [0.1, 0.15) is 0 Å². The molecule has 17 heavy (non-hydrogen) atoms. The highest BCUT2D eigenvalue weighted by atomic mass is 32.1. The van der Waals surface area contributed by atoms with Crippen LogP contribution in [-0.2, 0) is 9.53 Å². The normalized spacial score (nSPS) is 19.2. The van der Waals surface area contributed by atoms with E-state index in [0.29, 0.717) is 18.1 Å². The van der Waals surface area contributed by atoms with Gasteiger partial charge in [-0.25, -0.2) is 4.79 Å². The Kier molecular flexibility index (Phi) is 6.19. The van der Waals surface area contributed by atoms with Gasteiger partial charge in [-0.1, -0.05) is 19.3 Å². The molecule has 1 aliphatic rings. The summed E-state index contributed by atoms with van der Waals surface area (Å²) >= 11 is 4.49. The maximum absolute atomic E-state index is 11.5. The Morgan fingerprint density at radius 1 is 1.41 bits per heavy atom. The smallest absolute Gasteiger partial charge is 0.339 e. The number of thiol groups is 1. The Morgan fingerprint density at radius 2 is 2.06 bits per heavy atom. The van der Waals surface area contributed by atoms with Gasteiger partial charge < -0.3 is 10.5 Å². The van der Waals surface area contributed by atoms with Crippen molar-refractivity contribution in [3.8, 4) is 0 Å². The second kappa shape index (κ2) is 7.43. The molecule has 0 saturated heterocycles. The largest absolute Gasteiger partial charge is 0.462 e. The van der Waals surface area contributed by atoms with Crippen molar-refractivity contribution in [1.82, 2.24) is 0 Å². The van der Waals surface area contributed by atoms with E-state index in [1.807, 2.05) is 0 Å². The van der Waals surface area contributed by atoms with Crippen LogP contribution in [0.5, 0.6) is 0 Å². The number of hydrogen-bond donors (Lipinski definition) is 2. The van der Waals surface area contributed by atoms with E-state index in [1.54, 1.807) is 13.0 Å². The first-order valence-corrected chi connectivity index (χ1v) is 6.63. The van der Waals surface area contributed by atoms with Crippen molar-refractivity contribution in [2.75, 3.05) is 6.61 Å². The monoisotopic (exact) mass is 255 g/mol. The van der Waals surface area contributed by atoms with Gasteiger partial charge in [0.15, 0.2) is 0 Å². The molecule has 1 rings (SSSR count). The van der Waals surface area contributed by atoms with Crippen LogP contribution in [-0.4, -0.2) is 12.6 Å². The van der Waals surface area contributed by atoms with E-state index in [4.69, 9.17) is 10.5 Å². The number of allylic oxidation sites excluding steroid dienone is 1. The lowest BCUT2D eigenvalue weighted by molar-refractivity contribution is -0.138. The molecule has 2 N–H and O–H groups in total. The molecule has 0 atom stereocenters. The minimum atomic E-state index is -0.377. The van der Waals surface area contributed by atoms with Gasteiger partial charge in [-0.3, -0.25) is 0 Å². The minimum absolute atomic E-state index is 0.356. The summed E-state index contributed by atoms with van der Waals surface area (Å²) in [7, 11) is 0. The number of hydrogen-bond acceptors (Lipinski definition) is 4. The second-order valence-electron chi connectivity index (χ2n) is 4.25. The molecule has 4 heteroatoms. The number of carbonyl (C=O) groups is 1. The van der Waals surface area contributed by atoms with Crippen LogP contribution in [0.3, 0.4) is 0 Å². The summed E-state index contributed by atoms with van der Waals surface area (Å²) in [4.78, 5) is 12.5. The molecule has 3 nitrogen and oxygen atoms in total. The highest BCUT2D eigenvalue weighted by Crippen LogP contribution is 2.32. The zero-order valence-electron chi connectivity index (χ0n) is 10.3. The maximum Gasteiger partial charge on any atom is 0.339 e. The quantitative estimate of drug-likeness (QED) is 0.351. The van der Waals surface area contributed by atoms with Crippen molar-refractivity contribution >= 4 is 18.6 Å². The van der Waals surface area contributed by atoms with Crippen LogP contribution in [0.15, 0.2) is 22.8 Å². The van der Waals surface area contributed by atoms with Crippen LogP contribution in [0.4, 0.5) is 0 Å². The molecule has 0 spiro atoms. The predicted molar refractivity (Wildman–Crippen MR) is 72.5 cm³/mol. The number of rotatable bonds is 4. The Hall–Kier alpha value is -0.900. The van der Waals surface area contributed by atoms with E-state index in [-0.39, 0.29) is 5.97 Å². The fraction of sp³-hybridized carbons (Fsp3) is 0.615. The third-order valence-electron chi connectivity index (χ3n) is 3.02. The molecular formula is C13H21NO2S. The summed E-state index contributed by atoms with van der Waals surface area (Å²) in [5.41, 5.74) is 5.83. The molecule has 0 aromatic carbocycles. The number of ether oxygens (including phenoxy) is 1. The third kappa shape index (κ3) is 4.46. The van der Waals surface area contributed by atoms with Crippen molar-refractivity contribution in [2.45, 2.75) is 39.0 Å². The van der Waals surface area contributed by atoms with Crippen LogP contribution in [0, 0.1) is 5.92 Å². The SMILES string of the molecule is CCOC(=O)C(=C\N)/C=C(\S)C1CCCCC1. The lowest BCUT2D eigenvalue weighted by Crippen LogP contribution is -2.10. The van der Waals surface area contributed by atoms with Crippen molar-refractivity contribution in [3.63, 3.8) is 0 Å². The number of carbonyl (C=O) groups excluding carboxylic acids is 1. The maximum atomic E-state index is 11.5. The molecule has 1 aliphatic carbocycles. The van der Waals surface area contributed by atoms with E-state index >= 15 is 0 Å². The molecule has 1 saturated carbocycles. The van der Waals surface area contributed by atoms with E-state index in [2.05, 4.69) is 12.6 Å². The topological polar surface area (TPSA) is 52.3 Å². The van der Waals surface area contributed by atoms with E-state index < -0.39 is 0 Å². The molecule has 96 valence electrons. The second-order valence-corrected chi connectivity index (χ2v) is 4.76. The zero-order chi connectivity index (χ0) is 12.7. The van der Waals surface area contributed by atoms with Gasteiger partial charge in [0, 0.05) is 6.20 Å². The van der Waals surface area contributed by atoms with Gasteiger partial charge in [0.05, 0.1) is 12.2 Å². The van der Waals surface area contributed by atoms with Crippen LogP contribution < -0.4 is 5.73 Å². The standard InChI is InChI=1S/C13H21NO2S/c1-2-16-13(15)11(9-14)8-12(17)10-6-4-3-5-7-10/h8-10,17H,2-7,14H2,1H3/b11-9-,12-8-. The lowest BCUT2D eigenvalue weighted by atomic mass is 9.88. The van der Waals surface area contributed by atoms with Gasteiger partial charge in [-0.05, 0) is 36.7 Å². The summed E-state index contributed by atoms with van der Waals surface area (Å²) in [6.45, 7) is 2.13. The van der Waals surface area contributed by atoms with Gasteiger partial charge in [-0.2, -0.15) is 0 Å². The van der Waals surface area contributed by atoms with Gasteiger partial charge in [-0.15, -0.1) is 12.6 Å². The molecule has 0 unspecified atom stereocenters.